The largest absolute Gasteiger partial charge is 0.478 e. The summed E-state index contributed by atoms with van der Waals surface area (Å²) in [5, 5.41) is 8.11. The van der Waals surface area contributed by atoms with E-state index in [1.165, 1.54) is 18.2 Å². The molecule has 0 spiro atoms. The molecule has 0 aromatic heterocycles. The van der Waals surface area contributed by atoms with Crippen LogP contribution in [0.5, 0.6) is 0 Å². The Morgan fingerprint density at radius 3 is 2.24 bits per heavy atom. The molecule has 0 bridgehead atoms. The molecule has 1 aromatic carbocycles. The van der Waals surface area contributed by atoms with Crippen molar-refractivity contribution in [3.8, 4) is 0 Å². The molecule has 0 atom stereocenters. The highest BCUT2D eigenvalue weighted by Gasteiger charge is 2.33. The smallest absolute Gasteiger partial charge is 0.336 e. The summed E-state index contributed by atoms with van der Waals surface area (Å²) < 4.78 is 0. The van der Waals surface area contributed by atoms with E-state index in [4.69, 9.17) is 28.3 Å². The molecule has 1 N–H and O–H groups in total. The van der Waals surface area contributed by atoms with Crippen molar-refractivity contribution in [3.63, 3.8) is 0 Å². The van der Waals surface area contributed by atoms with E-state index in [1.54, 1.807) is 0 Å². The molecule has 1 aromatic rings. The number of carboxylic acid groups (broad SMARTS) is 1. The van der Waals surface area contributed by atoms with Gasteiger partial charge in [-0.2, -0.15) is 0 Å². The van der Waals surface area contributed by atoms with Gasteiger partial charge in [-0.25, -0.2) is 4.79 Å². The molecule has 17 heavy (non-hydrogen) atoms. The Morgan fingerprint density at radius 1 is 1.06 bits per heavy atom. The number of hydrogen-bond acceptors (Lipinski definition) is 3. The molecule has 1 aliphatic rings. The third-order valence-corrected chi connectivity index (χ3v) is 3.18. The summed E-state index contributed by atoms with van der Waals surface area (Å²) in [5.74, 6) is -2.69. The van der Waals surface area contributed by atoms with E-state index in [9.17, 15) is 14.4 Å². The van der Waals surface area contributed by atoms with Crippen LogP contribution in [0.1, 0.15) is 31.1 Å². The molecule has 0 fully saturated rings. The maximum absolute atomic E-state index is 11.8. The van der Waals surface area contributed by atoms with E-state index >= 15 is 0 Å². The first-order valence-electron chi connectivity index (χ1n) is 4.46. The fourth-order valence-corrected chi connectivity index (χ4v) is 1.96. The third kappa shape index (κ3) is 1.66. The first-order chi connectivity index (χ1) is 7.95. The van der Waals surface area contributed by atoms with Crippen LogP contribution < -0.4 is 0 Å². The maximum Gasteiger partial charge on any atom is 0.336 e. The average Bonchev–Trinajstić information content (AvgIpc) is 2.32. The normalized spacial score (nSPS) is 14.9. The Morgan fingerprint density at radius 2 is 1.65 bits per heavy atom. The van der Waals surface area contributed by atoms with Crippen LogP contribution in [0.4, 0.5) is 0 Å². The molecule has 6 heteroatoms. The molecular formula is C11H4Cl2O4. The van der Waals surface area contributed by atoms with Crippen molar-refractivity contribution in [2.24, 2.45) is 0 Å². The topological polar surface area (TPSA) is 71.4 Å². The van der Waals surface area contributed by atoms with Crippen LogP contribution in [0, 0.1) is 0 Å². The Kier molecular flexibility index (Phi) is 2.77. The number of hydrogen-bond donors (Lipinski definition) is 1. The van der Waals surface area contributed by atoms with Gasteiger partial charge in [-0.3, -0.25) is 9.59 Å². The number of Topliss-reactive ketones (excluding diaryl/α,β-unsaturated/α-hetero) is 2. The monoisotopic (exact) mass is 270 g/mol. The lowest BCUT2D eigenvalue weighted by Crippen LogP contribution is -2.21. The second-order valence-electron chi connectivity index (χ2n) is 3.32. The van der Waals surface area contributed by atoms with Crippen molar-refractivity contribution in [1.82, 2.24) is 0 Å². The van der Waals surface area contributed by atoms with Gasteiger partial charge >= 0.3 is 5.97 Å². The van der Waals surface area contributed by atoms with E-state index < -0.39 is 22.6 Å². The molecule has 0 saturated carbocycles. The summed E-state index contributed by atoms with van der Waals surface area (Å²) in [7, 11) is 0. The highest BCUT2D eigenvalue weighted by Crippen LogP contribution is 2.32. The van der Waals surface area contributed by atoms with Crippen LogP contribution in [0.3, 0.4) is 0 Å². The van der Waals surface area contributed by atoms with Crippen LogP contribution in [0.25, 0.3) is 0 Å². The quantitative estimate of drug-likeness (QED) is 0.851. The molecule has 1 aliphatic carbocycles. The zero-order valence-corrected chi connectivity index (χ0v) is 9.67. The molecule has 0 amide bonds. The average molecular weight is 271 g/mol. The fraction of sp³-hybridized carbons (Fsp3) is 0. The number of ketones is 2. The number of fused-ring (bicyclic) bond motifs is 1. The predicted octanol–water partition coefficient (Wildman–Crippen LogP) is 2.45. The molecule has 0 radical (unpaired) electrons. The van der Waals surface area contributed by atoms with Crippen molar-refractivity contribution < 1.29 is 19.5 Å². The van der Waals surface area contributed by atoms with Crippen LogP contribution in [-0.4, -0.2) is 22.6 Å². The summed E-state index contributed by atoms with van der Waals surface area (Å²) >= 11 is 11.2. The van der Waals surface area contributed by atoms with Gasteiger partial charge in [0.05, 0.1) is 5.56 Å². The van der Waals surface area contributed by atoms with Gasteiger partial charge in [0.25, 0.3) is 0 Å². The van der Waals surface area contributed by atoms with Crippen LogP contribution in [0.15, 0.2) is 28.3 Å². The highest BCUT2D eigenvalue weighted by molar-refractivity contribution is 6.59. The number of rotatable bonds is 1. The molecule has 0 saturated heterocycles. The van der Waals surface area contributed by atoms with E-state index in [2.05, 4.69) is 0 Å². The Bertz CT molecular complexity index is 601. The lowest BCUT2D eigenvalue weighted by Gasteiger charge is -2.15. The first-order valence-corrected chi connectivity index (χ1v) is 5.21. The predicted molar refractivity (Wildman–Crippen MR) is 60.8 cm³/mol. The van der Waals surface area contributed by atoms with Gasteiger partial charge in [-0.1, -0.05) is 35.3 Å². The summed E-state index contributed by atoms with van der Waals surface area (Å²) in [6.45, 7) is 0. The zero-order valence-electron chi connectivity index (χ0n) is 8.16. The number of benzene rings is 1. The Labute approximate surface area is 105 Å². The van der Waals surface area contributed by atoms with Gasteiger partial charge in [0.1, 0.15) is 10.1 Å². The molecule has 86 valence electrons. The molecule has 0 heterocycles. The van der Waals surface area contributed by atoms with Gasteiger partial charge in [-0.15, -0.1) is 0 Å². The van der Waals surface area contributed by atoms with Crippen molar-refractivity contribution in [1.29, 1.82) is 0 Å². The lowest BCUT2D eigenvalue weighted by molar-refractivity contribution is 0.0692. The summed E-state index contributed by atoms with van der Waals surface area (Å²) in [5.41, 5.74) is -0.508. The standard InChI is InChI=1S/C11H4Cl2O4/c12-7-8(13)10(15)6-4(9(7)14)2-1-3-5(6)11(16)17/h1-3H,(H,16,17). The molecule has 2 rings (SSSR count). The van der Waals surface area contributed by atoms with Crippen molar-refractivity contribution in [2.75, 3.05) is 0 Å². The molecule has 4 nitrogen and oxygen atoms in total. The number of halogens is 2. The van der Waals surface area contributed by atoms with Crippen molar-refractivity contribution in [2.45, 2.75) is 0 Å². The Hall–Kier alpha value is -1.65. The van der Waals surface area contributed by atoms with Crippen LogP contribution in [-0.2, 0) is 0 Å². The minimum Gasteiger partial charge on any atom is -0.478 e. The van der Waals surface area contributed by atoms with Gasteiger partial charge < -0.3 is 5.11 Å². The number of carbonyl (C=O) groups is 3. The van der Waals surface area contributed by atoms with E-state index in [1.807, 2.05) is 0 Å². The number of aromatic carboxylic acids is 1. The minimum absolute atomic E-state index is 0.0377. The van der Waals surface area contributed by atoms with Crippen molar-refractivity contribution in [3.05, 3.63) is 45.0 Å². The van der Waals surface area contributed by atoms with E-state index in [0.29, 0.717) is 0 Å². The molecule has 0 aliphatic heterocycles. The summed E-state index contributed by atoms with van der Waals surface area (Å²) in [4.78, 5) is 34.5. The third-order valence-electron chi connectivity index (χ3n) is 2.36. The van der Waals surface area contributed by atoms with Crippen LogP contribution >= 0.6 is 23.2 Å². The number of allylic oxidation sites excluding steroid dienone is 2. The minimum atomic E-state index is -1.30. The van der Waals surface area contributed by atoms with Gasteiger partial charge in [0, 0.05) is 11.1 Å². The molecule has 0 unspecified atom stereocenters. The van der Waals surface area contributed by atoms with E-state index in [0.717, 1.165) is 0 Å². The zero-order chi connectivity index (χ0) is 12.7. The highest BCUT2D eigenvalue weighted by atomic mass is 35.5. The lowest BCUT2D eigenvalue weighted by atomic mass is 9.90. The maximum atomic E-state index is 11.8. The second kappa shape index (κ2) is 3.98. The first kappa shape index (κ1) is 11.8. The van der Waals surface area contributed by atoms with Crippen LogP contribution in [0.2, 0.25) is 0 Å². The summed E-state index contributed by atoms with van der Waals surface area (Å²) in [6.07, 6.45) is 0. The van der Waals surface area contributed by atoms with E-state index in [-0.39, 0.29) is 21.7 Å². The van der Waals surface area contributed by atoms with Gasteiger partial charge in [0.2, 0.25) is 11.6 Å². The SMILES string of the molecule is O=C(O)c1cccc2c1C(=O)C(Cl)=C(Cl)C2=O. The Balaban J connectivity index is 2.81. The summed E-state index contributed by atoms with van der Waals surface area (Å²) in [6, 6.07) is 3.94. The second-order valence-corrected chi connectivity index (χ2v) is 4.08. The number of carboxylic acids is 1. The van der Waals surface area contributed by atoms with Crippen molar-refractivity contribution >= 4 is 40.7 Å². The van der Waals surface area contributed by atoms with Gasteiger partial charge in [0.15, 0.2) is 0 Å². The molecular weight excluding hydrogens is 267 g/mol. The van der Waals surface area contributed by atoms with Gasteiger partial charge in [-0.05, 0) is 6.07 Å². The fourth-order valence-electron chi connectivity index (χ4n) is 1.59. The number of carbonyl (C=O) groups excluding carboxylic acids is 2.